The molecule has 0 aromatic heterocycles. The minimum Gasteiger partial charge on any atom is -0.339 e. The van der Waals surface area contributed by atoms with E-state index in [2.05, 4.69) is 0 Å². The van der Waals surface area contributed by atoms with Crippen LogP contribution in [-0.4, -0.2) is 30.2 Å². The van der Waals surface area contributed by atoms with Crippen molar-refractivity contribution in [1.29, 1.82) is 0 Å². The number of allylic oxidation sites excluding steroid dienone is 1. The molecule has 60 valence electrons. The van der Waals surface area contributed by atoms with Crippen LogP contribution in [0.4, 0.5) is 0 Å². The number of rotatable bonds is 2. The largest absolute Gasteiger partial charge is 0.339 e. The molecule has 11 heavy (non-hydrogen) atoms. The van der Waals surface area contributed by atoms with E-state index in [4.69, 9.17) is 0 Å². The average molecular weight is 153 g/mol. The summed E-state index contributed by atoms with van der Waals surface area (Å²) in [7, 11) is 0. The van der Waals surface area contributed by atoms with Crippen molar-refractivity contribution < 1.29 is 9.59 Å². The van der Waals surface area contributed by atoms with Gasteiger partial charge in [-0.15, -0.1) is 0 Å². The minimum absolute atomic E-state index is 0.0467. The van der Waals surface area contributed by atoms with Gasteiger partial charge in [0.05, 0.1) is 0 Å². The zero-order valence-electron chi connectivity index (χ0n) is 6.32. The third kappa shape index (κ3) is 2.18. The summed E-state index contributed by atoms with van der Waals surface area (Å²) in [4.78, 5) is 22.7. The van der Waals surface area contributed by atoms with Crippen LogP contribution in [0.5, 0.6) is 0 Å². The van der Waals surface area contributed by atoms with Crippen LogP contribution in [0.3, 0.4) is 0 Å². The van der Waals surface area contributed by atoms with Crippen molar-refractivity contribution in [2.45, 2.75) is 12.8 Å². The van der Waals surface area contributed by atoms with Crippen molar-refractivity contribution >= 4 is 12.2 Å². The Balaban J connectivity index is 2.40. The highest BCUT2D eigenvalue weighted by Gasteiger charge is 2.14. The van der Waals surface area contributed by atoms with E-state index in [-0.39, 0.29) is 5.91 Å². The van der Waals surface area contributed by atoms with Crippen LogP contribution in [0.1, 0.15) is 12.8 Å². The number of carbonyl (C=O) groups excluding carboxylic acids is 2. The number of hydrogen-bond donors (Lipinski definition) is 0. The van der Waals surface area contributed by atoms with Crippen molar-refractivity contribution in [3.05, 3.63) is 12.2 Å². The molecule has 0 radical (unpaired) electrons. The molecule has 0 bridgehead atoms. The maximum atomic E-state index is 11.1. The van der Waals surface area contributed by atoms with Crippen molar-refractivity contribution in [2.24, 2.45) is 0 Å². The fourth-order valence-corrected chi connectivity index (χ4v) is 1.16. The molecule has 0 aromatic rings. The Morgan fingerprint density at radius 2 is 1.91 bits per heavy atom. The zero-order valence-corrected chi connectivity index (χ0v) is 6.32. The molecule has 0 saturated carbocycles. The number of carbonyl (C=O) groups is 2. The first-order valence-corrected chi connectivity index (χ1v) is 3.75. The summed E-state index contributed by atoms with van der Waals surface area (Å²) in [5.41, 5.74) is 0. The lowest BCUT2D eigenvalue weighted by Gasteiger charge is -2.10. The summed E-state index contributed by atoms with van der Waals surface area (Å²) in [5.74, 6) is -0.0467. The standard InChI is InChI=1S/C8H11NO2/c10-7-3-4-8(11)9-5-1-2-6-9/h3-4,7H,1-2,5-6H2/b4-3-. The van der Waals surface area contributed by atoms with Gasteiger partial charge in [0.15, 0.2) is 0 Å². The molecule has 1 heterocycles. The van der Waals surface area contributed by atoms with Crippen molar-refractivity contribution in [2.75, 3.05) is 13.1 Å². The van der Waals surface area contributed by atoms with Gasteiger partial charge in [0, 0.05) is 19.2 Å². The van der Waals surface area contributed by atoms with E-state index in [0.29, 0.717) is 6.29 Å². The van der Waals surface area contributed by atoms with Gasteiger partial charge >= 0.3 is 0 Å². The van der Waals surface area contributed by atoms with Crippen LogP contribution in [0.25, 0.3) is 0 Å². The van der Waals surface area contributed by atoms with Crippen LogP contribution in [-0.2, 0) is 9.59 Å². The van der Waals surface area contributed by atoms with E-state index in [1.54, 1.807) is 4.90 Å². The Kier molecular flexibility index (Phi) is 2.83. The Hall–Kier alpha value is -1.12. The first-order chi connectivity index (χ1) is 5.34. The topological polar surface area (TPSA) is 37.4 Å². The van der Waals surface area contributed by atoms with Crippen LogP contribution in [0.2, 0.25) is 0 Å². The number of amides is 1. The Bertz CT molecular complexity index is 181. The molecule has 0 spiro atoms. The van der Waals surface area contributed by atoms with Crippen LogP contribution < -0.4 is 0 Å². The van der Waals surface area contributed by atoms with Gasteiger partial charge in [0.2, 0.25) is 5.91 Å². The molecule has 0 aliphatic carbocycles. The van der Waals surface area contributed by atoms with Crippen molar-refractivity contribution in [3.63, 3.8) is 0 Å². The second-order valence-electron chi connectivity index (χ2n) is 2.53. The fourth-order valence-electron chi connectivity index (χ4n) is 1.16. The maximum Gasteiger partial charge on any atom is 0.246 e. The molecule has 3 heteroatoms. The summed E-state index contributed by atoms with van der Waals surface area (Å²) in [5, 5.41) is 0. The third-order valence-electron chi connectivity index (χ3n) is 1.74. The van der Waals surface area contributed by atoms with E-state index in [9.17, 15) is 9.59 Å². The van der Waals surface area contributed by atoms with E-state index in [1.807, 2.05) is 0 Å². The van der Waals surface area contributed by atoms with Gasteiger partial charge in [-0.3, -0.25) is 9.59 Å². The van der Waals surface area contributed by atoms with Gasteiger partial charge in [-0.05, 0) is 18.9 Å². The first kappa shape index (κ1) is 7.98. The molecule has 1 aliphatic heterocycles. The predicted molar refractivity (Wildman–Crippen MR) is 41.0 cm³/mol. The lowest BCUT2D eigenvalue weighted by Crippen LogP contribution is -2.25. The van der Waals surface area contributed by atoms with Gasteiger partial charge in [-0.1, -0.05) is 0 Å². The quantitative estimate of drug-likeness (QED) is 0.424. The molecular formula is C8H11NO2. The van der Waals surface area contributed by atoms with Crippen LogP contribution in [0.15, 0.2) is 12.2 Å². The number of nitrogens with zero attached hydrogens (tertiary/aromatic N) is 1. The molecule has 0 atom stereocenters. The molecule has 1 aliphatic rings. The molecule has 0 unspecified atom stereocenters. The number of aldehydes is 1. The smallest absolute Gasteiger partial charge is 0.246 e. The molecule has 0 aromatic carbocycles. The third-order valence-corrected chi connectivity index (χ3v) is 1.74. The summed E-state index contributed by atoms with van der Waals surface area (Å²) >= 11 is 0. The number of likely N-dealkylation sites (tertiary alicyclic amines) is 1. The van der Waals surface area contributed by atoms with E-state index in [0.717, 1.165) is 25.9 Å². The highest BCUT2D eigenvalue weighted by atomic mass is 16.2. The lowest BCUT2D eigenvalue weighted by molar-refractivity contribution is -0.125. The van der Waals surface area contributed by atoms with Crippen LogP contribution in [0, 0.1) is 0 Å². The van der Waals surface area contributed by atoms with Gasteiger partial charge in [-0.2, -0.15) is 0 Å². The van der Waals surface area contributed by atoms with Crippen LogP contribution >= 0.6 is 0 Å². The van der Waals surface area contributed by atoms with E-state index >= 15 is 0 Å². The Labute approximate surface area is 65.7 Å². The molecule has 1 rings (SSSR count). The van der Waals surface area contributed by atoms with Crippen molar-refractivity contribution in [3.8, 4) is 0 Å². The lowest BCUT2D eigenvalue weighted by atomic mass is 10.4. The average Bonchev–Trinajstić information content (AvgIpc) is 2.52. The monoisotopic (exact) mass is 153 g/mol. The van der Waals surface area contributed by atoms with Crippen molar-refractivity contribution in [1.82, 2.24) is 4.90 Å². The summed E-state index contributed by atoms with van der Waals surface area (Å²) in [6.07, 6.45) is 5.34. The fraction of sp³-hybridized carbons (Fsp3) is 0.500. The Morgan fingerprint density at radius 1 is 1.27 bits per heavy atom. The number of hydrogen-bond acceptors (Lipinski definition) is 2. The summed E-state index contributed by atoms with van der Waals surface area (Å²) < 4.78 is 0. The van der Waals surface area contributed by atoms with Gasteiger partial charge < -0.3 is 4.90 Å². The summed E-state index contributed by atoms with van der Waals surface area (Å²) in [6.45, 7) is 1.67. The van der Waals surface area contributed by atoms with Gasteiger partial charge in [-0.25, -0.2) is 0 Å². The molecule has 1 fully saturated rings. The molecule has 3 nitrogen and oxygen atoms in total. The molecular weight excluding hydrogens is 142 g/mol. The van der Waals surface area contributed by atoms with E-state index in [1.165, 1.54) is 12.2 Å². The predicted octanol–water partition coefficient (Wildman–Crippen LogP) is 0.364. The van der Waals surface area contributed by atoms with E-state index < -0.39 is 0 Å². The second-order valence-corrected chi connectivity index (χ2v) is 2.53. The van der Waals surface area contributed by atoms with Gasteiger partial charge in [0.25, 0.3) is 0 Å². The van der Waals surface area contributed by atoms with Gasteiger partial charge in [0.1, 0.15) is 6.29 Å². The molecule has 0 N–H and O–H groups in total. The highest BCUT2D eigenvalue weighted by Crippen LogP contribution is 2.07. The zero-order chi connectivity index (χ0) is 8.10. The first-order valence-electron chi connectivity index (χ1n) is 3.75. The second kappa shape index (κ2) is 3.91. The summed E-state index contributed by atoms with van der Waals surface area (Å²) in [6, 6.07) is 0. The minimum atomic E-state index is -0.0467. The molecule has 1 saturated heterocycles. The SMILES string of the molecule is O=C/C=C\C(=O)N1CCCC1. The Morgan fingerprint density at radius 3 is 2.45 bits per heavy atom. The highest BCUT2D eigenvalue weighted by molar-refractivity contribution is 5.91. The normalized spacial score (nSPS) is 17.6. The molecule has 1 amide bonds. The maximum absolute atomic E-state index is 11.1.